The summed E-state index contributed by atoms with van der Waals surface area (Å²) in [6, 6.07) is 10.2. The molecule has 5 heteroatoms. The van der Waals surface area contributed by atoms with Crippen molar-refractivity contribution in [2.24, 2.45) is 11.7 Å². The van der Waals surface area contributed by atoms with Crippen LogP contribution in [-0.4, -0.2) is 42.8 Å². The third-order valence-corrected chi connectivity index (χ3v) is 4.08. The van der Waals surface area contributed by atoms with E-state index in [-0.39, 0.29) is 18.1 Å². The van der Waals surface area contributed by atoms with Gasteiger partial charge in [0.1, 0.15) is 5.60 Å². The van der Waals surface area contributed by atoms with Crippen LogP contribution in [-0.2, 0) is 9.47 Å². The van der Waals surface area contributed by atoms with Crippen LogP contribution < -0.4 is 5.73 Å². The number of nitrogens with zero attached hydrogens (tertiary/aromatic N) is 1. The largest absolute Gasteiger partial charge is 0.444 e. The molecule has 0 aliphatic carbocycles. The first-order valence-electron chi connectivity index (χ1n) is 8.75. The standard InChI is InChI=1S/C19H30N2O3/c1-19(2,3)24-18(22)21-12-7-10-16(14-21)17(23-13-11-20)15-8-5-4-6-9-15/h4-6,8-9,16-17H,7,10-14,20H2,1-3H3. The lowest BCUT2D eigenvalue weighted by Gasteiger charge is -2.37. The van der Waals surface area contributed by atoms with Crippen molar-refractivity contribution in [1.82, 2.24) is 4.90 Å². The lowest BCUT2D eigenvalue weighted by molar-refractivity contribution is -0.0233. The van der Waals surface area contributed by atoms with Crippen molar-refractivity contribution >= 4 is 6.09 Å². The van der Waals surface area contributed by atoms with E-state index in [1.165, 1.54) is 0 Å². The molecule has 24 heavy (non-hydrogen) atoms. The summed E-state index contributed by atoms with van der Waals surface area (Å²) in [5.41, 5.74) is 6.29. The Morgan fingerprint density at radius 2 is 2.04 bits per heavy atom. The van der Waals surface area contributed by atoms with E-state index in [9.17, 15) is 4.79 Å². The van der Waals surface area contributed by atoms with Crippen molar-refractivity contribution in [1.29, 1.82) is 0 Å². The Morgan fingerprint density at radius 3 is 2.67 bits per heavy atom. The maximum absolute atomic E-state index is 12.4. The number of amides is 1. The molecular weight excluding hydrogens is 304 g/mol. The van der Waals surface area contributed by atoms with Gasteiger partial charge in [0, 0.05) is 25.6 Å². The van der Waals surface area contributed by atoms with Gasteiger partial charge in [-0.2, -0.15) is 0 Å². The Balaban J connectivity index is 2.08. The van der Waals surface area contributed by atoms with Crippen LogP contribution in [0.5, 0.6) is 0 Å². The molecule has 2 atom stereocenters. The fourth-order valence-electron chi connectivity index (χ4n) is 3.09. The maximum Gasteiger partial charge on any atom is 0.410 e. The molecule has 1 aromatic rings. The number of ether oxygens (including phenoxy) is 2. The molecule has 0 saturated carbocycles. The van der Waals surface area contributed by atoms with Gasteiger partial charge in [-0.3, -0.25) is 0 Å². The van der Waals surface area contributed by atoms with Gasteiger partial charge in [-0.25, -0.2) is 4.79 Å². The van der Waals surface area contributed by atoms with Gasteiger partial charge in [0.2, 0.25) is 0 Å². The molecule has 1 aliphatic rings. The second-order valence-corrected chi connectivity index (χ2v) is 7.32. The average molecular weight is 334 g/mol. The first-order valence-corrected chi connectivity index (χ1v) is 8.75. The molecule has 1 fully saturated rings. The van der Waals surface area contributed by atoms with Crippen molar-refractivity contribution in [2.45, 2.75) is 45.3 Å². The SMILES string of the molecule is CC(C)(C)OC(=O)N1CCCC(C(OCCN)c2ccccc2)C1. The van der Waals surface area contributed by atoms with E-state index >= 15 is 0 Å². The van der Waals surface area contributed by atoms with E-state index in [2.05, 4.69) is 12.1 Å². The summed E-state index contributed by atoms with van der Waals surface area (Å²) < 4.78 is 11.6. The molecule has 0 aromatic heterocycles. The van der Waals surface area contributed by atoms with E-state index in [1.807, 2.05) is 39.0 Å². The number of nitrogens with two attached hydrogens (primary N) is 1. The summed E-state index contributed by atoms with van der Waals surface area (Å²) in [7, 11) is 0. The molecule has 0 radical (unpaired) electrons. The van der Waals surface area contributed by atoms with Gasteiger partial charge in [0.25, 0.3) is 0 Å². The monoisotopic (exact) mass is 334 g/mol. The second-order valence-electron chi connectivity index (χ2n) is 7.32. The van der Waals surface area contributed by atoms with E-state index in [4.69, 9.17) is 15.2 Å². The first kappa shape index (κ1) is 18.7. The lowest BCUT2D eigenvalue weighted by Crippen LogP contribution is -2.44. The van der Waals surface area contributed by atoms with Crippen LogP contribution in [0.1, 0.15) is 45.3 Å². The summed E-state index contributed by atoms with van der Waals surface area (Å²) in [6.45, 7) is 8.08. The Labute approximate surface area is 145 Å². The topological polar surface area (TPSA) is 64.8 Å². The molecule has 5 nitrogen and oxygen atoms in total. The van der Waals surface area contributed by atoms with Gasteiger partial charge in [0.15, 0.2) is 0 Å². The molecule has 2 rings (SSSR count). The average Bonchev–Trinajstić information content (AvgIpc) is 2.55. The number of carbonyl (C=O) groups is 1. The number of carbonyl (C=O) groups excluding carboxylic acids is 1. The highest BCUT2D eigenvalue weighted by Gasteiger charge is 2.32. The summed E-state index contributed by atoms with van der Waals surface area (Å²) in [5, 5.41) is 0. The number of benzene rings is 1. The Kier molecular flexibility index (Phi) is 6.63. The van der Waals surface area contributed by atoms with Crippen LogP contribution in [0.3, 0.4) is 0 Å². The van der Waals surface area contributed by atoms with Crippen LogP contribution in [0, 0.1) is 5.92 Å². The molecule has 1 amide bonds. The molecule has 1 heterocycles. The van der Waals surface area contributed by atoms with Crippen molar-refractivity contribution in [3.63, 3.8) is 0 Å². The van der Waals surface area contributed by atoms with Crippen molar-refractivity contribution in [3.8, 4) is 0 Å². The number of piperidine rings is 1. The molecule has 0 spiro atoms. The summed E-state index contributed by atoms with van der Waals surface area (Å²) in [4.78, 5) is 14.2. The fourth-order valence-corrected chi connectivity index (χ4v) is 3.09. The van der Waals surface area contributed by atoms with E-state index in [0.29, 0.717) is 19.7 Å². The van der Waals surface area contributed by atoms with Crippen LogP contribution in [0.4, 0.5) is 4.79 Å². The van der Waals surface area contributed by atoms with Gasteiger partial charge in [-0.15, -0.1) is 0 Å². The van der Waals surface area contributed by atoms with Crippen molar-refractivity contribution < 1.29 is 14.3 Å². The molecule has 134 valence electrons. The normalized spacial score (nSPS) is 19.8. The minimum atomic E-state index is -0.473. The zero-order valence-corrected chi connectivity index (χ0v) is 15.0. The first-order chi connectivity index (χ1) is 11.4. The molecule has 2 unspecified atom stereocenters. The Bertz CT molecular complexity index is 513. The molecule has 1 saturated heterocycles. The summed E-state index contributed by atoms with van der Waals surface area (Å²) in [5.74, 6) is 0.250. The molecule has 0 bridgehead atoms. The van der Waals surface area contributed by atoms with E-state index in [1.54, 1.807) is 4.90 Å². The van der Waals surface area contributed by atoms with Crippen LogP contribution >= 0.6 is 0 Å². The minimum absolute atomic E-state index is 0.0417. The van der Waals surface area contributed by atoms with Gasteiger partial charge in [0.05, 0.1) is 12.7 Å². The van der Waals surface area contributed by atoms with Crippen LogP contribution in [0.15, 0.2) is 30.3 Å². The van der Waals surface area contributed by atoms with Crippen molar-refractivity contribution in [2.75, 3.05) is 26.2 Å². The predicted molar refractivity (Wildman–Crippen MR) is 94.7 cm³/mol. The number of hydrogen-bond acceptors (Lipinski definition) is 4. The third kappa shape index (κ3) is 5.49. The molecule has 1 aliphatic heterocycles. The van der Waals surface area contributed by atoms with E-state index < -0.39 is 5.60 Å². The molecule has 2 N–H and O–H groups in total. The van der Waals surface area contributed by atoms with Gasteiger partial charge >= 0.3 is 6.09 Å². The Hall–Kier alpha value is -1.59. The number of likely N-dealkylation sites (tertiary alicyclic amines) is 1. The van der Waals surface area contributed by atoms with Crippen molar-refractivity contribution in [3.05, 3.63) is 35.9 Å². The highest BCUT2D eigenvalue weighted by molar-refractivity contribution is 5.68. The van der Waals surface area contributed by atoms with Gasteiger partial charge < -0.3 is 20.1 Å². The highest BCUT2D eigenvalue weighted by Crippen LogP contribution is 2.33. The van der Waals surface area contributed by atoms with Crippen LogP contribution in [0.2, 0.25) is 0 Å². The van der Waals surface area contributed by atoms with Gasteiger partial charge in [-0.1, -0.05) is 30.3 Å². The zero-order valence-electron chi connectivity index (χ0n) is 15.0. The number of hydrogen-bond donors (Lipinski definition) is 1. The fraction of sp³-hybridized carbons (Fsp3) is 0.632. The molecule has 1 aromatic carbocycles. The third-order valence-electron chi connectivity index (χ3n) is 4.08. The Morgan fingerprint density at radius 1 is 1.33 bits per heavy atom. The second kappa shape index (κ2) is 8.49. The van der Waals surface area contributed by atoms with Crippen LogP contribution in [0.25, 0.3) is 0 Å². The van der Waals surface area contributed by atoms with E-state index in [0.717, 1.165) is 24.9 Å². The highest BCUT2D eigenvalue weighted by atomic mass is 16.6. The lowest BCUT2D eigenvalue weighted by atomic mass is 9.88. The number of rotatable bonds is 5. The predicted octanol–water partition coefficient (Wildman–Crippen LogP) is 3.35. The molecular formula is C19H30N2O3. The maximum atomic E-state index is 12.4. The zero-order chi connectivity index (χ0) is 17.6. The summed E-state index contributed by atoms with van der Waals surface area (Å²) >= 11 is 0. The summed E-state index contributed by atoms with van der Waals surface area (Å²) in [6.07, 6.45) is 1.71. The van der Waals surface area contributed by atoms with Gasteiger partial charge in [-0.05, 0) is 39.2 Å². The smallest absolute Gasteiger partial charge is 0.410 e. The quantitative estimate of drug-likeness (QED) is 0.897. The minimum Gasteiger partial charge on any atom is -0.444 e.